The molecule has 0 radical (unpaired) electrons. The fraction of sp³-hybridized carbons (Fsp3) is 0.625. The molecule has 0 spiro atoms. The summed E-state index contributed by atoms with van der Waals surface area (Å²) in [6.45, 7) is 8.06. The van der Waals surface area contributed by atoms with E-state index < -0.39 is 0 Å². The third-order valence-electron chi connectivity index (χ3n) is 4.08. The second kappa shape index (κ2) is 5.89. The molecule has 2 aromatic heterocycles. The topological polar surface area (TPSA) is 47.0 Å². The van der Waals surface area contributed by atoms with Crippen LogP contribution in [0.25, 0.3) is 10.2 Å². The summed E-state index contributed by atoms with van der Waals surface area (Å²) in [5.41, 5.74) is -0.340. The van der Waals surface area contributed by atoms with Gasteiger partial charge in [-0.05, 0) is 45.6 Å². The van der Waals surface area contributed by atoms with Crippen LogP contribution in [0.2, 0.25) is 0 Å². The summed E-state index contributed by atoms with van der Waals surface area (Å²) in [6.07, 6.45) is 4.35. The molecule has 0 aliphatic carbocycles. The SMILES string of the molecule is CCNc1nc(C2(C)CCCCO2)nc2sc(CC)cc12. The van der Waals surface area contributed by atoms with Crippen molar-refractivity contribution in [3.8, 4) is 0 Å². The molecule has 1 fully saturated rings. The van der Waals surface area contributed by atoms with E-state index in [1.165, 1.54) is 11.3 Å². The zero-order valence-electron chi connectivity index (χ0n) is 13.0. The maximum atomic E-state index is 6.02. The van der Waals surface area contributed by atoms with E-state index in [0.29, 0.717) is 0 Å². The highest BCUT2D eigenvalue weighted by atomic mass is 32.1. The molecule has 1 saturated heterocycles. The number of ether oxygens (including phenoxy) is 1. The summed E-state index contributed by atoms with van der Waals surface area (Å²) < 4.78 is 6.02. The number of fused-ring (bicyclic) bond motifs is 1. The number of anilines is 1. The van der Waals surface area contributed by atoms with E-state index in [0.717, 1.165) is 54.3 Å². The Kier molecular flexibility index (Phi) is 4.13. The number of thiophene rings is 1. The van der Waals surface area contributed by atoms with Crippen molar-refractivity contribution in [2.45, 2.75) is 52.1 Å². The predicted molar refractivity (Wildman–Crippen MR) is 88.1 cm³/mol. The smallest absolute Gasteiger partial charge is 0.163 e. The summed E-state index contributed by atoms with van der Waals surface area (Å²) in [6, 6.07) is 2.21. The molecular weight excluding hydrogens is 282 g/mol. The molecule has 4 nitrogen and oxygen atoms in total. The summed E-state index contributed by atoms with van der Waals surface area (Å²) in [5, 5.41) is 4.53. The molecule has 3 rings (SSSR count). The Labute approximate surface area is 129 Å². The van der Waals surface area contributed by atoms with Crippen molar-refractivity contribution in [1.82, 2.24) is 9.97 Å². The largest absolute Gasteiger partial charge is 0.370 e. The predicted octanol–water partition coefficient (Wildman–Crippen LogP) is 4.10. The zero-order valence-corrected chi connectivity index (χ0v) is 13.8. The number of rotatable bonds is 4. The second-order valence-electron chi connectivity index (χ2n) is 5.75. The van der Waals surface area contributed by atoms with Gasteiger partial charge in [-0.1, -0.05) is 6.92 Å². The van der Waals surface area contributed by atoms with Gasteiger partial charge in [-0.15, -0.1) is 11.3 Å². The van der Waals surface area contributed by atoms with E-state index in [-0.39, 0.29) is 5.60 Å². The van der Waals surface area contributed by atoms with Gasteiger partial charge in [0.2, 0.25) is 0 Å². The summed E-state index contributed by atoms with van der Waals surface area (Å²) in [4.78, 5) is 12.0. The number of hydrogen-bond acceptors (Lipinski definition) is 5. The van der Waals surface area contributed by atoms with Crippen LogP contribution in [0.4, 0.5) is 5.82 Å². The third kappa shape index (κ3) is 2.77. The molecule has 1 unspecified atom stereocenters. The number of hydrogen-bond donors (Lipinski definition) is 1. The quantitative estimate of drug-likeness (QED) is 0.923. The van der Waals surface area contributed by atoms with E-state index in [4.69, 9.17) is 14.7 Å². The minimum atomic E-state index is -0.340. The molecule has 1 aliphatic heterocycles. The summed E-state index contributed by atoms with van der Waals surface area (Å²) in [7, 11) is 0. The minimum Gasteiger partial charge on any atom is -0.370 e. The van der Waals surface area contributed by atoms with E-state index >= 15 is 0 Å². The first-order chi connectivity index (χ1) is 10.2. The average Bonchev–Trinajstić information content (AvgIpc) is 2.92. The van der Waals surface area contributed by atoms with Crippen LogP contribution in [0.3, 0.4) is 0 Å². The maximum Gasteiger partial charge on any atom is 0.163 e. The maximum absolute atomic E-state index is 6.02. The van der Waals surface area contributed by atoms with Gasteiger partial charge in [0, 0.05) is 18.0 Å². The van der Waals surface area contributed by atoms with Gasteiger partial charge in [0.1, 0.15) is 16.2 Å². The summed E-state index contributed by atoms with van der Waals surface area (Å²) in [5.74, 6) is 1.78. The van der Waals surface area contributed by atoms with Crippen molar-refractivity contribution < 1.29 is 4.74 Å². The molecule has 1 aliphatic rings. The van der Waals surface area contributed by atoms with Crippen LogP contribution in [0, 0.1) is 0 Å². The monoisotopic (exact) mass is 305 g/mol. The second-order valence-corrected chi connectivity index (χ2v) is 6.86. The van der Waals surface area contributed by atoms with Gasteiger partial charge < -0.3 is 10.1 Å². The molecular formula is C16H23N3OS. The van der Waals surface area contributed by atoms with Gasteiger partial charge in [0.15, 0.2) is 5.82 Å². The first-order valence-electron chi connectivity index (χ1n) is 7.85. The normalized spacial score (nSPS) is 22.6. The standard InChI is InChI=1S/C16H23N3OS/c1-4-11-10-12-13(17-5-2)18-15(19-14(12)21-11)16(3)8-6-7-9-20-16/h10H,4-9H2,1-3H3,(H,17,18,19). The fourth-order valence-corrected chi connectivity index (χ4v) is 3.76. The number of nitrogens with one attached hydrogen (secondary N) is 1. The van der Waals surface area contributed by atoms with Crippen molar-refractivity contribution in [2.75, 3.05) is 18.5 Å². The zero-order chi connectivity index (χ0) is 14.9. The Morgan fingerprint density at radius 2 is 2.19 bits per heavy atom. The average molecular weight is 305 g/mol. The molecule has 1 atom stereocenters. The molecule has 5 heteroatoms. The van der Waals surface area contributed by atoms with Gasteiger partial charge in [0.25, 0.3) is 0 Å². The molecule has 0 aromatic carbocycles. The lowest BCUT2D eigenvalue weighted by molar-refractivity contribution is -0.0757. The highest BCUT2D eigenvalue weighted by Gasteiger charge is 2.34. The first-order valence-corrected chi connectivity index (χ1v) is 8.66. The Balaban J connectivity index is 2.10. The highest BCUT2D eigenvalue weighted by Crippen LogP contribution is 2.36. The molecule has 21 heavy (non-hydrogen) atoms. The number of aromatic nitrogens is 2. The molecule has 3 heterocycles. The fourth-order valence-electron chi connectivity index (χ4n) is 2.79. The van der Waals surface area contributed by atoms with E-state index in [1.807, 2.05) is 0 Å². The number of aryl methyl sites for hydroxylation is 1. The molecule has 2 aromatic rings. The van der Waals surface area contributed by atoms with E-state index in [2.05, 4.69) is 32.2 Å². The van der Waals surface area contributed by atoms with Crippen LogP contribution >= 0.6 is 11.3 Å². The van der Waals surface area contributed by atoms with E-state index in [1.54, 1.807) is 11.3 Å². The molecule has 0 bridgehead atoms. The van der Waals surface area contributed by atoms with Gasteiger partial charge in [-0.25, -0.2) is 9.97 Å². The van der Waals surface area contributed by atoms with Gasteiger partial charge in [-0.3, -0.25) is 0 Å². The van der Waals surface area contributed by atoms with Crippen LogP contribution in [-0.4, -0.2) is 23.1 Å². The van der Waals surface area contributed by atoms with Gasteiger partial charge in [-0.2, -0.15) is 0 Å². The molecule has 0 amide bonds. The Morgan fingerprint density at radius 1 is 1.33 bits per heavy atom. The molecule has 1 N–H and O–H groups in total. The number of nitrogens with zero attached hydrogens (tertiary/aromatic N) is 2. The molecule has 114 valence electrons. The lowest BCUT2D eigenvalue weighted by atomic mass is 9.95. The van der Waals surface area contributed by atoms with Crippen LogP contribution in [-0.2, 0) is 16.8 Å². The van der Waals surface area contributed by atoms with Crippen LogP contribution in [0.5, 0.6) is 0 Å². The Hall–Kier alpha value is -1.20. The lowest BCUT2D eigenvalue weighted by Crippen LogP contribution is -2.32. The third-order valence-corrected chi connectivity index (χ3v) is 5.25. The van der Waals surface area contributed by atoms with Crippen LogP contribution < -0.4 is 5.32 Å². The Bertz CT molecular complexity index is 632. The lowest BCUT2D eigenvalue weighted by Gasteiger charge is -2.32. The minimum absolute atomic E-state index is 0.340. The van der Waals surface area contributed by atoms with Crippen molar-refractivity contribution in [3.05, 3.63) is 16.8 Å². The van der Waals surface area contributed by atoms with Crippen molar-refractivity contribution in [1.29, 1.82) is 0 Å². The van der Waals surface area contributed by atoms with Gasteiger partial charge >= 0.3 is 0 Å². The van der Waals surface area contributed by atoms with Crippen molar-refractivity contribution >= 4 is 27.4 Å². The van der Waals surface area contributed by atoms with Crippen molar-refractivity contribution in [3.63, 3.8) is 0 Å². The van der Waals surface area contributed by atoms with E-state index in [9.17, 15) is 0 Å². The highest BCUT2D eigenvalue weighted by molar-refractivity contribution is 7.18. The Morgan fingerprint density at radius 3 is 2.86 bits per heavy atom. The first kappa shape index (κ1) is 14.7. The van der Waals surface area contributed by atoms with Gasteiger partial charge in [0.05, 0.1) is 5.39 Å². The van der Waals surface area contributed by atoms with Crippen LogP contribution in [0.1, 0.15) is 50.7 Å². The molecule has 0 saturated carbocycles. The summed E-state index contributed by atoms with van der Waals surface area (Å²) >= 11 is 1.77. The van der Waals surface area contributed by atoms with Crippen molar-refractivity contribution in [2.24, 2.45) is 0 Å². The van der Waals surface area contributed by atoms with Crippen LogP contribution in [0.15, 0.2) is 6.07 Å².